The maximum absolute atomic E-state index is 12.9. The van der Waals surface area contributed by atoms with Crippen LogP contribution in [0.3, 0.4) is 0 Å². The maximum Gasteiger partial charge on any atom is 0.254 e. The molecule has 3 rings (SSSR count). The van der Waals surface area contributed by atoms with E-state index in [9.17, 15) is 14.4 Å². The van der Waals surface area contributed by atoms with Crippen molar-refractivity contribution < 1.29 is 14.4 Å². The lowest BCUT2D eigenvalue weighted by atomic mass is 10.0. The number of aromatic nitrogens is 1. The zero-order chi connectivity index (χ0) is 20.1. The Morgan fingerprint density at radius 3 is 2.61 bits per heavy atom. The summed E-state index contributed by atoms with van der Waals surface area (Å²) in [5.41, 5.74) is 1.02. The standard InChI is InChI=1S/C21H26N4O3/c1-15(2)12-18(24-9-3-4-10-24)20(27)23-17-7-5-6-16(13-17)21(28)25-11-8-22-19(26)14-25/h3-7,9-10,13,15,18H,8,11-12,14H2,1-2H3,(H,22,26)(H,23,27). The van der Waals surface area contributed by atoms with Gasteiger partial charge in [0.15, 0.2) is 0 Å². The lowest BCUT2D eigenvalue weighted by Gasteiger charge is -2.27. The normalized spacial score (nSPS) is 15.2. The molecule has 0 spiro atoms. The monoisotopic (exact) mass is 382 g/mol. The van der Waals surface area contributed by atoms with E-state index in [0.717, 1.165) is 0 Å². The van der Waals surface area contributed by atoms with E-state index in [4.69, 9.17) is 0 Å². The van der Waals surface area contributed by atoms with Crippen molar-refractivity contribution in [3.63, 3.8) is 0 Å². The van der Waals surface area contributed by atoms with E-state index in [0.29, 0.717) is 36.7 Å². The number of piperazine rings is 1. The molecule has 0 radical (unpaired) electrons. The van der Waals surface area contributed by atoms with Crippen molar-refractivity contribution in [2.45, 2.75) is 26.3 Å². The average molecular weight is 382 g/mol. The maximum atomic E-state index is 12.9. The van der Waals surface area contributed by atoms with Crippen molar-refractivity contribution in [3.05, 3.63) is 54.4 Å². The molecule has 1 aromatic carbocycles. The minimum atomic E-state index is -0.319. The molecule has 0 saturated carbocycles. The zero-order valence-electron chi connectivity index (χ0n) is 16.2. The second kappa shape index (κ2) is 8.73. The molecule has 1 aliphatic rings. The Morgan fingerprint density at radius 1 is 1.18 bits per heavy atom. The SMILES string of the molecule is CC(C)CC(C(=O)Nc1cccc(C(=O)N2CCNC(=O)C2)c1)n1cccc1. The third kappa shape index (κ3) is 4.79. The second-order valence-corrected chi connectivity index (χ2v) is 7.42. The molecule has 148 valence electrons. The molecule has 0 bridgehead atoms. The van der Waals surface area contributed by atoms with Crippen molar-refractivity contribution in [1.82, 2.24) is 14.8 Å². The van der Waals surface area contributed by atoms with Gasteiger partial charge in [0.2, 0.25) is 11.8 Å². The van der Waals surface area contributed by atoms with Crippen molar-refractivity contribution in [2.75, 3.05) is 25.0 Å². The Labute approximate surface area is 164 Å². The highest BCUT2D eigenvalue weighted by molar-refractivity contribution is 5.99. The van der Waals surface area contributed by atoms with Crippen LogP contribution < -0.4 is 10.6 Å². The highest BCUT2D eigenvalue weighted by atomic mass is 16.2. The molecule has 1 unspecified atom stereocenters. The fourth-order valence-corrected chi connectivity index (χ4v) is 3.32. The van der Waals surface area contributed by atoms with Crippen LogP contribution in [0.5, 0.6) is 0 Å². The van der Waals surface area contributed by atoms with E-state index in [1.54, 1.807) is 24.3 Å². The predicted octanol–water partition coefficient (Wildman–Crippen LogP) is 2.29. The predicted molar refractivity (Wildman–Crippen MR) is 107 cm³/mol. The van der Waals surface area contributed by atoms with Gasteiger partial charge >= 0.3 is 0 Å². The molecule has 1 saturated heterocycles. The fraction of sp³-hybridized carbons (Fsp3) is 0.381. The molecule has 28 heavy (non-hydrogen) atoms. The van der Waals surface area contributed by atoms with Crippen LogP contribution in [-0.4, -0.2) is 46.8 Å². The molecule has 2 aromatic rings. The second-order valence-electron chi connectivity index (χ2n) is 7.42. The molecular formula is C21H26N4O3. The number of hydrogen-bond donors (Lipinski definition) is 2. The van der Waals surface area contributed by atoms with E-state index in [2.05, 4.69) is 24.5 Å². The Bertz CT molecular complexity index is 845. The van der Waals surface area contributed by atoms with E-state index in [-0.39, 0.29) is 30.3 Å². The summed E-state index contributed by atoms with van der Waals surface area (Å²) in [7, 11) is 0. The summed E-state index contributed by atoms with van der Waals surface area (Å²) in [5.74, 6) is -0.134. The van der Waals surface area contributed by atoms with Crippen LogP contribution in [0.25, 0.3) is 0 Å². The van der Waals surface area contributed by atoms with E-state index < -0.39 is 0 Å². The first kappa shape index (κ1) is 19.7. The molecule has 1 fully saturated rings. The summed E-state index contributed by atoms with van der Waals surface area (Å²) in [6.07, 6.45) is 4.48. The lowest BCUT2D eigenvalue weighted by molar-refractivity contribution is -0.123. The van der Waals surface area contributed by atoms with Gasteiger partial charge in [-0.1, -0.05) is 19.9 Å². The number of carbonyl (C=O) groups is 3. The van der Waals surface area contributed by atoms with Gasteiger partial charge in [0.05, 0.1) is 6.54 Å². The van der Waals surface area contributed by atoms with Gasteiger partial charge < -0.3 is 20.1 Å². The molecule has 7 nitrogen and oxygen atoms in total. The summed E-state index contributed by atoms with van der Waals surface area (Å²) < 4.78 is 1.90. The average Bonchev–Trinajstić information content (AvgIpc) is 3.20. The highest BCUT2D eigenvalue weighted by Gasteiger charge is 2.24. The summed E-state index contributed by atoms with van der Waals surface area (Å²) in [5, 5.41) is 5.64. The third-order valence-electron chi connectivity index (χ3n) is 4.69. The van der Waals surface area contributed by atoms with Gasteiger partial charge in [0.25, 0.3) is 5.91 Å². The van der Waals surface area contributed by atoms with Crippen LogP contribution in [0, 0.1) is 5.92 Å². The van der Waals surface area contributed by atoms with Crippen molar-refractivity contribution in [1.29, 1.82) is 0 Å². The van der Waals surface area contributed by atoms with Gasteiger partial charge in [-0.2, -0.15) is 0 Å². The Morgan fingerprint density at radius 2 is 1.93 bits per heavy atom. The van der Waals surface area contributed by atoms with E-state index in [1.165, 1.54) is 4.90 Å². The highest BCUT2D eigenvalue weighted by Crippen LogP contribution is 2.21. The Hall–Kier alpha value is -3.09. The summed E-state index contributed by atoms with van der Waals surface area (Å²) in [6, 6.07) is 10.3. The van der Waals surface area contributed by atoms with Crippen molar-refractivity contribution in [3.8, 4) is 0 Å². The van der Waals surface area contributed by atoms with Crippen LogP contribution in [-0.2, 0) is 9.59 Å². The van der Waals surface area contributed by atoms with Crippen LogP contribution in [0.1, 0.15) is 36.7 Å². The molecule has 3 amide bonds. The molecule has 2 heterocycles. The van der Waals surface area contributed by atoms with Gasteiger partial charge in [-0.05, 0) is 42.7 Å². The first-order valence-corrected chi connectivity index (χ1v) is 9.53. The molecule has 1 atom stereocenters. The minimum absolute atomic E-state index is 0.0551. The first-order chi connectivity index (χ1) is 13.4. The number of amides is 3. The zero-order valence-corrected chi connectivity index (χ0v) is 16.2. The van der Waals surface area contributed by atoms with Crippen LogP contribution in [0.4, 0.5) is 5.69 Å². The molecule has 0 aliphatic carbocycles. The van der Waals surface area contributed by atoms with Crippen LogP contribution in [0.15, 0.2) is 48.8 Å². The number of benzene rings is 1. The van der Waals surface area contributed by atoms with Gasteiger partial charge in [-0.25, -0.2) is 0 Å². The first-order valence-electron chi connectivity index (χ1n) is 9.53. The number of hydrogen-bond acceptors (Lipinski definition) is 3. The molecule has 2 N–H and O–H groups in total. The summed E-state index contributed by atoms with van der Waals surface area (Å²) in [6.45, 7) is 5.15. The number of nitrogens with zero attached hydrogens (tertiary/aromatic N) is 2. The van der Waals surface area contributed by atoms with Crippen molar-refractivity contribution >= 4 is 23.4 Å². The topological polar surface area (TPSA) is 83.4 Å². The molecular weight excluding hydrogens is 356 g/mol. The number of carbonyl (C=O) groups excluding carboxylic acids is 3. The molecule has 7 heteroatoms. The van der Waals surface area contributed by atoms with Crippen LogP contribution >= 0.6 is 0 Å². The fourth-order valence-electron chi connectivity index (χ4n) is 3.32. The largest absolute Gasteiger partial charge is 0.353 e. The molecule has 1 aliphatic heterocycles. The number of nitrogens with one attached hydrogen (secondary N) is 2. The third-order valence-corrected chi connectivity index (χ3v) is 4.69. The minimum Gasteiger partial charge on any atom is -0.353 e. The van der Waals surface area contributed by atoms with E-state index in [1.807, 2.05) is 29.1 Å². The van der Waals surface area contributed by atoms with Crippen molar-refractivity contribution in [2.24, 2.45) is 5.92 Å². The smallest absolute Gasteiger partial charge is 0.254 e. The Kier molecular flexibility index (Phi) is 6.13. The van der Waals surface area contributed by atoms with E-state index >= 15 is 0 Å². The Balaban J connectivity index is 1.73. The van der Waals surface area contributed by atoms with Gasteiger partial charge in [0, 0.05) is 36.7 Å². The summed E-state index contributed by atoms with van der Waals surface area (Å²) >= 11 is 0. The van der Waals surface area contributed by atoms with Crippen LogP contribution in [0.2, 0.25) is 0 Å². The molecule has 1 aromatic heterocycles. The lowest BCUT2D eigenvalue weighted by Crippen LogP contribution is -2.49. The van der Waals surface area contributed by atoms with Gasteiger partial charge in [0.1, 0.15) is 6.04 Å². The quantitative estimate of drug-likeness (QED) is 0.804. The number of rotatable bonds is 6. The number of anilines is 1. The summed E-state index contributed by atoms with van der Waals surface area (Å²) in [4.78, 5) is 38.6. The van der Waals surface area contributed by atoms with Gasteiger partial charge in [-0.3, -0.25) is 14.4 Å². The van der Waals surface area contributed by atoms with Gasteiger partial charge in [-0.15, -0.1) is 0 Å².